The molecule has 0 spiro atoms. The maximum Gasteiger partial charge on any atom is 0.252 e. The van der Waals surface area contributed by atoms with Crippen LogP contribution < -0.4 is 5.32 Å². The third-order valence-corrected chi connectivity index (χ3v) is 8.60. The quantitative estimate of drug-likeness (QED) is 0.524. The number of ether oxygens (including phenoxy) is 1. The summed E-state index contributed by atoms with van der Waals surface area (Å²) in [4.78, 5) is 20.2. The summed E-state index contributed by atoms with van der Waals surface area (Å²) in [6.45, 7) is 4.76. The molecule has 0 saturated carbocycles. The number of hydrogen-bond donors (Lipinski definition) is 1. The fraction of sp³-hybridized carbons (Fsp3) is 0.385. The number of halogens is 1. The number of carbonyl (C=O) groups excluding carboxylic acids is 1. The van der Waals surface area contributed by atoms with Crippen LogP contribution in [-0.2, 0) is 14.8 Å². The highest BCUT2D eigenvalue weighted by Crippen LogP contribution is 2.27. The van der Waals surface area contributed by atoms with E-state index in [9.17, 15) is 17.6 Å². The Bertz CT molecular complexity index is 1350. The van der Waals surface area contributed by atoms with Gasteiger partial charge in [0.25, 0.3) is 5.91 Å². The van der Waals surface area contributed by atoms with E-state index in [1.807, 2.05) is 0 Å². The largest absolute Gasteiger partial charge is 0.379 e. The first-order valence-corrected chi connectivity index (χ1v) is 13.6. The molecule has 36 heavy (non-hydrogen) atoms. The molecule has 0 bridgehead atoms. The van der Waals surface area contributed by atoms with Crippen molar-refractivity contribution in [3.05, 3.63) is 59.9 Å². The summed E-state index contributed by atoms with van der Waals surface area (Å²) in [7, 11) is -3.62. The minimum atomic E-state index is -3.62. The molecule has 1 N–H and O–H groups in total. The molecular formula is C26H29FN4O4S. The van der Waals surface area contributed by atoms with E-state index in [1.54, 1.807) is 36.4 Å². The number of fused-ring (bicyclic) bond motifs is 1. The number of rotatable bonds is 7. The maximum absolute atomic E-state index is 14.0. The van der Waals surface area contributed by atoms with Gasteiger partial charge in [-0.15, -0.1) is 0 Å². The third-order valence-electron chi connectivity index (χ3n) is 6.69. The first-order chi connectivity index (χ1) is 17.4. The molecule has 10 heteroatoms. The number of amides is 1. The van der Waals surface area contributed by atoms with E-state index in [2.05, 4.69) is 15.2 Å². The Balaban J connectivity index is 1.42. The Hall–Kier alpha value is -2.92. The number of nitrogens with one attached hydrogen (secondary N) is 1. The lowest BCUT2D eigenvalue weighted by molar-refractivity contribution is 0.0730. The molecule has 190 valence electrons. The number of carbonyl (C=O) groups is 1. The molecule has 2 aromatic carbocycles. The summed E-state index contributed by atoms with van der Waals surface area (Å²) < 4.78 is 46.6. The molecule has 2 fully saturated rings. The Labute approximate surface area is 210 Å². The van der Waals surface area contributed by atoms with Gasteiger partial charge in [-0.25, -0.2) is 17.8 Å². The van der Waals surface area contributed by atoms with E-state index in [-0.39, 0.29) is 10.8 Å². The molecule has 5 rings (SSSR count). The fourth-order valence-corrected chi connectivity index (χ4v) is 6.10. The zero-order valence-corrected chi connectivity index (χ0v) is 20.8. The number of morpholine rings is 1. The van der Waals surface area contributed by atoms with Crippen molar-refractivity contribution < 1.29 is 22.3 Å². The topological polar surface area (TPSA) is 91.8 Å². The maximum atomic E-state index is 14.0. The van der Waals surface area contributed by atoms with Crippen LogP contribution in [0.5, 0.6) is 0 Å². The van der Waals surface area contributed by atoms with Crippen molar-refractivity contribution in [3.8, 4) is 11.3 Å². The van der Waals surface area contributed by atoms with Crippen LogP contribution in [0.1, 0.15) is 23.2 Å². The number of hydrogen-bond acceptors (Lipinski definition) is 6. The van der Waals surface area contributed by atoms with Crippen molar-refractivity contribution in [2.24, 2.45) is 0 Å². The molecule has 0 atom stereocenters. The summed E-state index contributed by atoms with van der Waals surface area (Å²) in [5.41, 5.74) is 1.99. The predicted molar refractivity (Wildman–Crippen MR) is 135 cm³/mol. The minimum absolute atomic E-state index is 0.191. The van der Waals surface area contributed by atoms with Gasteiger partial charge >= 0.3 is 0 Å². The van der Waals surface area contributed by atoms with Gasteiger partial charge in [0, 0.05) is 37.1 Å². The Morgan fingerprint density at radius 2 is 1.72 bits per heavy atom. The van der Waals surface area contributed by atoms with E-state index >= 15 is 0 Å². The van der Waals surface area contributed by atoms with E-state index in [0.717, 1.165) is 19.6 Å². The van der Waals surface area contributed by atoms with Crippen molar-refractivity contribution in [3.63, 3.8) is 0 Å². The van der Waals surface area contributed by atoms with E-state index in [0.29, 0.717) is 60.6 Å². The number of likely N-dealkylation sites (tertiary alicyclic amines) is 1. The molecular weight excluding hydrogens is 483 g/mol. The molecule has 1 amide bonds. The molecule has 2 saturated heterocycles. The van der Waals surface area contributed by atoms with Gasteiger partial charge < -0.3 is 15.0 Å². The number of benzene rings is 2. The fourth-order valence-electron chi connectivity index (χ4n) is 4.70. The molecule has 0 aliphatic carbocycles. The highest BCUT2D eigenvalue weighted by molar-refractivity contribution is 7.89. The van der Waals surface area contributed by atoms with Gasteiger partial charge in [-0.1, -0.05) is 12.1 Å². The van der Waals surface area contributed by atoms with Crippen LogP contribution in [-0.4, -0.2) is 81.0 Å². The first-order valence-electron chi connectivity index (χ1n) is 12.2. The smallest absolute Gasteiger partial charge is 0.252 e. The molecule has 2 aliphatic heterocycles. The van der Waals surface area contributed by atoms with Crippen LogP contribution in [0.3, 0.4) is 0 Å². The number of sulfonamides is 1. The van der Waals surface area contributed by atoms with Gasteiger partial charge in [0.05, 0.1) is 34.9 Å². The minimum Gasteiger partial charge on any atom is -0.379 e. The van der Waals surface area contributed by atoms with Crippen molar-refractivity contribution >= 4 is 26.8 Å². The normalized spacial score (nSPS) is 17.5. The number of pyridine rings is 1. The zero-order valence-electron chi connectivity index (χ0n) is 20.0. The molecule has 2 aliphatic rings. The van der Waals surface area contributed by atoms with Crippen molar-refractivity contribution in [1.29, 1.82) is 0 Å². The van der Waals surface area contributed by atoms with Gasteiger partial charge in [0.1, 0.15) is 5.82 Å². The standard InChI is InChI=1S/C26H29FN4O4S/c27-20-5-8-24-22(17-20)23(26(32)28-9-12-30-10-1-2-11-30)18-25(29-24)19-3-6-21(7-4-19)36(33,34)31-13-15-35-16-14-31/h3-8,17-18H,1-2,9-16H2,(H,28,32). The van der Waals surface area contributed by atoms with Crippen LogP contribution in [0.2, 0.25) is 0 Å². The number of nitrogens with zero attached hydrogens (tertiary/aromatic N) is 3. The SMILES string of the molecule is O=C(NCCN1CCCC1)c1cc(-c2ccc(S(=O)(=O)N3CCOCC3)cc2)nc2ccc(F)cc12. The van der Waals surface area contributed by atoms with Gasteiger partial charge in [0.2, 0.25) is 10.0 Å². The van der Waals surface area contributed by atoms with E-state index in [4.69, 9.17) is 4.74 Å². The highest BCUT2D eigenvalue weighted by Gasteiger charge is 2.26. The monoisotopic (exact) mass is 512 g/mol. The second-order valence-electron chi connectivity index (χ2n) is 9.06. The lowest BCUT2D eigenvalue weighted by Crippen LogP contribution is -2.40. The molecule has 1 aromatic heterocycles. The lowest BCUT2D eigenvalue weighted by Gasteiger charge is -2.26. The Morgan fingerprint density at radius 3 is 2.44 bits per heavy atom. The zero-order chi connectivity index (χ0) is 25.1. The van der Waals surface area contributed by atoms with E-state index in [1.165, 1.54) is 29.3 Å². The Kier molecular flexibility index (Phi) is 7.29. The van der Waals surface area contributed by atoms with Crippen molar-refractivity contribution in [2.75, 3.05) is 52.5 Å². The summed E-state index contributed by atoms with van der Waals surface area (Å²) in [6, 6.07) is 12.3. The summed E-state index contributed by atoms with van der Waals surface area (Å²) in [6.07, 6.45) is 2.36. The summed E-state index contributed by atoms with van der Waals surface area (Å²) in [5, 5.41) is 3.39. The molecule has 3 heterocycles. The van der Waals surface area contributed by atoms with Crippen LogP contribution in [0.15, 0.2) is 53.4 Å². The van der Waals surface area contributed by atoms with Crippen LogP contribution in [0.4, 0.5) is 4.39 Å². The van der Waals surface area contributed by atoms with Crippen LogP contribution in [0, 0.1) is 5.82 Å². The average molecular weight is 513 g/mol. The third kappa shape index (κ3) is 5.27. The molecule has 8 nitrogen and oxygen atoms in total. The van der Waals surface area contributed by atoms with Gasteiger partial charge in [-0.2, -0.15) is 4.31 Å². The van der Waals surface area contributed by atoms with Crippen LogP contribution >= 0.6 is 0 Å². The van der Waals surface area contributed by atoms with Gasteiger partial charge in [-0.05, 0) is 62.3 Å². The second-order valence-corrected chi connectivity index (χ2v) is 11.0. The van der Waals surface area contributed by atoms with Crippen molar-refractivity contribution in [2.45, 2.75) is 17.7 Å². The lowest BCUT2D eigenvalue weighted by atomic mass is 10.0. The van der Waals surface area contributed by atoms with Gasteiger partial charge in [0.15, 0.2) is 0 Å². The first kappa shape index (κ1) is 24.8. The highest BCUT2D eigenvalue weighted by atomic mass is 32.2. The predicted octanol–water partition coefficient (Wildman–Crippen LogP) is 2.89. The summed E-state index contributed by atoms with van der Waals surface area (Å²) in [5.74, 6) is -0.735. The average Bonchev–Trinajstić information content (AvgIpc) is 3.42. The van der Waals surface area contributed by atoms with Crippen LogP contribution in [0.25, 0.3) is 22.2 Å². The summed E-state index contributed by atoms with van der Waals surface area (Å²) >= 11 is 0. The van der Waals surface area contributed by atoms with Gasteiger partial charge in [-0.3, -0.25) is 4.79 Å². The second kappa shape index (κ2) is 10.6. The van der Waals surface area contributed by atoms with E-state index < -0.39 is 15.8 Å². The molecule has 0 unspecified atom stereocenters. The number of aromatic nitrogens is 1. The Morgan fingerprint density at radius 1 is 1.00 bits per heavy atom. The van der Waals surface area contributed by atoms with Crippen molar-refractivity contribution in [1.82, 2.24) is 19.5 Å². The molecule has 0 radical (unpaired) electrons. The molecule has 3 aromatic rings.